The van der Waals surface area contributed by atoms with Gasteiger partial charge in [0.05, 0.1) is 9.95 Å². The predicted molar refractivity (Wildman–Crippen MR) is 85.8 cm³/mol. The van der Waals surface area contributed by atoms with E-state index in [1.54, 1.807) is 6.07 Å². The number of hydrogen-bond acceptors (Lipinski definition) is 3. The summed E-state index contributed by atoms with van der Waals surface area (Å²) in [7, 11) is 0. The molecule has 0 saturated heterocycles. The number of hydrogen-bond donors (Lipinski definition) is 1. The van der Waals surface area contributed by atoms with Crippen LogP contribution in [0.25, 0.3) is 0 Å². The topological polar surface area (TPSA) is 55.2 Å². The highest BCUT2D eigenvalue weighted by Gasteiger charge is 2.28. The Bertz CT molecular complexity index is 507. The van der Waals surface area contributed by atoms with Gasteiger partial charge in [-0.15, -0.1) is 0 Å². The molecule has 1 saturated carbocycles. The lowest BCUT2D eigenvalue weighted by molar-refractivity contribution is -0.384. The van der Waals surface area contributed by atoms with Gasteiger partial charge >= 0.3 is 0 Å². The summed E-state index contributed by atoms with van der Waals surface area (Å²) in [6.07, 6.45) is 4.54. The molecule has 21 heavy (non-hydrogen) atoms. The molecule has 1 fully saturated rings. The Labute approximate surface area is 131 Å². The van der Waals surface area contributed by atoms with Crippen LogP contribution in [0, 0.1) is 22.0 Å². The third-order valence-electron chi connectivity index (χ3n) is 4.44. The molecule has 1 aromatic rings. The normalized spacial score (nSPS) is 25.8. The van der Waals surface area contributed by atoms with Gasteiger partial charge in [0.25, 0.3) is 5.69 Å². The van der Waals surface area contributed by atoms with Crippen LogP contribution in [0.15, 0.2) is 18.2 Å². The summed E-state index contributed by atoms with van der Waals surface area (Å²) in [5.74, 6) is 1.29. The minimum Gasteiger partial charge on any atom is -0.314 e. The summed E-state index contributed by atoms with van der Waals surface area (Å²) in [6, 6.07) is 5.35. The van der Waals surface area contributed by atoms with Crippen LogP contribution in [0.5, 0.6) is 0 Å². The SMILES string of the molecule is CCNC1CCC(C)CC1Cc1ccc([N+](=O)[O-])cc1Cl. The van der Waals surface area contributed by atoms with Crippen molar-refractivity contribution >= 4 is 17.3 Å². The van der Waals surface area contributed by atoms with Crippen molar-refractivity contribution in [3.63, 3.8) is 0 Å². The van der Waals surface area contributed by atoms with E-state index < -0.39 is 4.92 Å². The van der Waals surface area contributed by atoms with Crippen molar-refractivity contribution in [1.82, 2.24) is 5.32 Å². The van der Waals surface area contributed by atoms with Gasteiger partial charge in [0.15, 0.2) is 0 Å². The van der Waals surface area contributed by atoms with E-state index in [9.17, 15) is 10.1 Å². The number of benzene rings is 1. The lowest BCUT2D eigenvalue weighted by Crippen LogP contribution is -2.41. The molecule has 3 atom stereocenters. The van der Waals surface area contributed by atoms with E-state index in [0.29, 0.717) is 17.0 Å². The molecule has 0 amide bonds. The predicted octanol–water partition coefficient (Wildman–Crippen LogP) is 4.21. The van der Waals surface area contributed by atoms with Gasteiger partial charge in [-0.3, -0.25) is 10.1 Å². The molecule has 2 rings (SSSR count). The van der Waals surface area contributed by atoms with E-state index in [0.717, 1.165) is 24.4 Å². The molecule has 0 radical (unpaired) electrons. The molecule has 0 aliphatic heterocycles. The van der Waals surface area contributed by atoms with Gasteiger partial charge in [-0.05, 0) is 49.6 Å². The van der Waals surface area contributed by atoms with Gasteiger partial charge in [0.2, 0.25) is 0 Å². The maximum Gasteiger partial charge on any atom is 0.270 e. The Hall–Kier alpha value is -1.13. The molecular formula is C16H23ClN2O2. The summed E-state index contributed by atoms with van der Waals surface area (Å²) < 4.78 is 0. The highest BCUT2D eigenvalue weighted by atomic mass is 35.5. The van der Waals surface area contributed by atoms with Crippen molar-refractivity contribution in [3.8, 4) is 0 Å². The average Bonchev–Trinajstić information content (AvgIpc) is 2.44. The minimum absolute atomic E-state index is 0.0593. The van der Waals surface area contributed by atoms with Crippen molar-refractivity contribution in [3.05, 3.63) is 38.9 Å². The van der Waals surface area contributed by atoms with Crippen LogP contribution in [-0.4, -0.2) is 17.5 Å². The number of rotatable bonds is 5. The molecule has 0 aromatic heterocycles. The van der Waals surface area contributed by atoms with E-state index in [-0.39, 0.29) is 5.69 Å². The van der Waals surface area contributed by atoms with Crippen LogP contribution in [0.3, 0.4) is 0 Å². The van der Waals surface area contributed by atoms with Crippen LogP contribution in [0.4, 0.5) is 5.69 Å². The number of halogens is 1. The number of non-ortho nitro benzene ring substituents is 1. The van der Waals surface area contributed by atoms with E-state index in [1.165, 1.54) is 25.3 Å². The van der Waals surface area contributed by atoms with Crippen LogP contribution in [0.1, 0.15) is 38.7 Å². The summed E-state index contributed by atoms with van der Waals surface area (Å²) in [5, 5.41) is 14.9. The van der Waals surface area contributed by atoms with Crippen LogP contribution < -0.4 is 5.32 Å². The van der Waals surface area contributed by atoms with Crippen LogP contribution in [0.2, 0.25) is 5.02 Å². The first-order chi connectivity index (χ1) is 10.0. The zero-order valence-electron chi connectivity index (χ0n) is 12.6. The van der Waals surface area contributed by atoms with Crippen molar-refractivity contribution < 1.29 is 4.92 Å². The molecule has 0 bridgehead atoms. The second-order valence-electron chi connectivity index (χ2n) is 6.08. The van der Waals surface area contributed by atoms with E-state index in [1.807, 2.05) is 6.07 Å². The molecule has 1 aliphatic carbocycles. The fraction of sp³-hybridized carbons (Fsp3) is 0.625. The van der Waals surface area contributed by atoms with Crippen molar-refractivity contribution in [1.29, 1.82) is 0 Å². The zero-order valence-corrected chi connectivity index (χ0v) is 13.4. The smallest absolute Gasteiger partial charge is 0.270 e. The van der Waals surface area contributed by atoms with E-state index in [2.05, 4.69) is 19.2 Å². The largest absolute Gasteiger partial charge is 0.314 e. The number of nitrogens with one attached hydrogen (secondary N) is 1. The van der Waals surface area contributed by atoms with Crippen molar-refractivity contribution in [2.75, 3.05) is 6.54 Å². The Morgan fingerprint density at radius 1 is 1.43 bits per heavy atom. The molecule has 4 nitrogen and oxygen atoms in total. The Balaban J connectivity index is 2.12. The Kier molecular flexibility index (Phi) is 5.59. The maximum atomic E-state index is 10.8. The van der Waals surface area contributed by atoms with Crippen LogP contribution in [-0.2, 0) is 6.42 Å². The molecule has 5 heteroatoms. The fourth-order valence-electron chi connectivity index (χ4n) is 3.35. The van der Waals surface area contributed by atoms with Crippen molar-refractivity contribution in [2.24, 2.45) is 11.8 Å². The van der Waals surface area contributed by atoms with Gasteiger partial charge in [0, 0.05) is 18.2 Å². The second-order valence-corrected chi connectivity index (χ2v) is 6.49. The first kappa shape index (κ1) is 16.2. The van der Waals surface area contributed by atoms with Crippen LogP contribution >= 0.6 is 11.6 Å². The zero-order chi connectivity index (χ0) is 15.4. The van der Waals surface area contributed by atoms with Gasteiger partial charge in [-0.2, -0.15) is 0 Å². The molecule has 1 aromatic carbocycles. The first-order valence-corrected chi connectivity index (χ1v) is 8.05. The molecule has 0 heterocycles. The Morgan fingerprint density at radius 2 is 2.19 bits per heavy atom. The molecular weight excluding hydrogens is 288 g/mol. The third-order valence-corrected chi connectivity index (χ3v) is 4.79. The quantitative estimate of drug-likeness (QED) is 0.655. The standard InChI is InChI=1S/C16H23ClN2O2/c1-3-18-16-7-4-11(2)8-13(16)9-12-5-6-14(19(20)21)10-15(12)17/h5-6,10-11,13,16,18H,3-4,7-9H2,1-2H3. The van der Waals surface area contributed by atoms with Gasteiger partial charge < -0.3 is 5.32 Å². The molecule has 1 aliphatic rings. The monoisotopic (exact) mass is 310 g/mol. The van der Waals surface area contributed by atoms with E-state index in [4.69, 9.17) is 11.6 Å². The lowest BCUT2D eigenvalue weighted by Gasteiger charge is -2.35. The lowest BCUT2D eigenvalue weighted by atomic mass is 9.76. The number of nitro benzene ring substituents is 1. The average molecular weight is 311 g/mol. The first-order valence-electron chi connectivity index (χ1n) is 7.67. The summed E-state index contributed by atoms with van der Waals surface area (Å²) in [5.41, 5.74) is 1.08. The number of nitro groups is 1. The molecule has 1 N–H and O–H groups in total. The minimum atomic E-state index is -0.403. The second kappa shape index (κ2) is 7.23. The maximum absolute atomic E-state index is 10.8. The summed E-state index contributed by atoms with van der Waals surface area (Å²) in [6.45, 7) is 5.41. The Morgan fingerprint density at radius 3 is 2.81 bits per heavy atom. The summed E-state index contributed by atoms with van der Waals surface area (Å²) in [4.78, 5) is 10.4. The highest BCUT2D eigenvalue weighted by molar-refractivity contribution is 6.31. The van der Waals surface area contributed by atoms with E-state index >= 15 is 0 Å². The summed E-state index contributed by atoms with van der Waals surface area (Å²) >= 11 is 6.23. The van der Waals surface area contributed by atoms with Gasteiger partial charge in [-0.25, -0.2) is 0 Å². The third kappa shape index (κ3) is 4.17. The molecule has 0 spiro atoms. The van der Waals surface area contributed by atoms with Crippen molar-refractivity contribution in [2.45, 2.75) is 45.6 Å². The number of nitrogens with zero attached hydrogens (tertiary/aromatic N) is 1. The fourth-order valence-corrected chi connectivity index (χ4v) is 3.60. The van der Waals surface area contributed by atoms with Gasteiger partial charge in [-0.1, -0.05) is 31.5 Å². The molecule has 116 valence electrons. The molecule has 3 unspecified atom stereocenters. The highest BCUT2D eigenvalue weighted by Crippen LogP contribution is 2.33. The van der Waals surface area contributed by atoms with Gasteiger partial charge in [0.1, 0.15) is 0 Å².